The van der Waals surface area contributed by atoms with Gasteiger partial charge in [-0.25, -0.2) is 4.98 Å². The molecule has 4 aromatic rings. The number of rotatable bonds is 10. The van der Waals surface area contributed by atoms with Crippen LogP contribution in [0.3, 0.4) is 0 Å². The molecule has 258 valence electrons. The molecule has 2 N–H and O–H groups in total. The number of alkyl halides is 3. The number of hydrogen-bond donors (Lipinski definition) is 2. The highest BCUT2D eigenvalue weighted by atomic mass is 32.2. The summed E-state index contributed by atoms with van der Waals surface area (Å²) in [6.45, 7) is -0.0437. The molecule has 0 spiro atoms. The van der Waals surface area contributed by atoms with Crippen LogP contribution in [0.1, 0.15) is 53.9 Å². The zero-order valence-electron chi connectivity index (χ0n) is 26.8. The molecular formula is C36H37F3N4O5S. The Morgan fingerprint density at radius 3 is 2.47 bits per heavy atom. The fraction of sp³-hybridized carbons (Fsp3) is 0.361. The number of ether oxygens (including phenoxy) is 2. The van der Waals surface area contributed by atoms with E-state index in [0.29, 0.717) is 23.5 Å². The number of thioether (sulfide) groups is 1. The van der Waals surface area contributed by atoms with E-state index < -0.39 is 30.3 Å². The molecule has 6 rings (SSSR count). The standard InChI is InChI=1S/C36H37F3N4O5S/c1-42-16-14-40-35(42)49-22-29-19-31(25-12-10-23(21-44)11-13-25)48-33(47-29)28-8-3-7-27(18-28)26-6-2-5-24(17-26)20-41-32(45)30-9-4-15-43(30)34(46)36(37,38)39/h2-3,5-8,10-14,16-18,29-31,33,44H,4,9,15,19-22H2,1H3,(H,41,45)/t29-,30+,31+,33+/m1/s1. The maximum absolute atomic E-state index is 13.0. The molecule has 0 radical (unpaired) electrons. The van der Waals surface area contributed by atoms with Gasteiger partial charge in [0.25, 0.3) is 0 Å². The molecule has 0 saturated carbocycles. The van der Waals surface area contributed by atoms with Gasteiger partial charge in [0.15, 0.2) is 11.4 Å². The van der Waals surface area contributed by atoms with E-state index in [4.69, 9.17) is 9.47 Å². The van der Waals surface area contributed by atoms with Gasteiger partial charge in [0, 0.05) is 50.3 Å². The second kappa shape index (κ2) is 15.2. The highest BCUT2D eigenvalue weighted by Gasteiger charge is 2.47. The van der Waals surface area contributed by atoms with Gasteiger partial charge >= 0.3 is 12.1 Å². The summed E-state index contributed by atoms with van der Waals surface area (Å²) in [5.74, 6) is -1.92. The van der Waals surface area contributed by atoms with Crippen molar-refractivity contribution in [3.05, 3.63) is 107 Å². The lowest BCUT2D eigenvalue weighted by Gasteiger charge is -2.36. The summed E-state index contributed by atoms with van der Waals surface area (Å²) in [5.41, 5.74) is 5.16. The van der Waals surface area contributed by atoms with Crippen LogP contribution in [0, 0.1) is 0 Å². The van der Waals surface area contributed by atoms with E-state index in [2.05, 4.69) is 10.3 Å². The molecule has 2 aliphatic rings. The summed E-state index contributed by atoms with van der Waals surface area (Å²) in [7, 11) is 1.95. The van der Waals surface area contributed by atoms with E-state index in [1.807, 2.05) is 90.6 Å². The smallest absolute Gasteiger partial charge is 0.392 e. The number of aromatic nitrogens is 2. The Hall–Kier alpha value is -4.17. The average Bonchev–Trinajstić information content (AvgIpc) is 3.78. The molecule has 2 fully saturated rings. The first-order valence-electron chi connectivity index (χ1n) is 16.0. The van der Waals surface area contributed by atoms with Gasteiger partial charge in [-0.1, -0.05) is 72.4 Å². The first-order valence-corrected chi connectivity index (χ1v) is 17.0. The maximum atomic E-state index is 13.0. The van der Waals surface area contributed by atoms with Crippen LogP contribution in [0.15, 0.2) is 90.3 Å². The number of halogens is 3. The largest absolute Gasteiger partial charge is 0.471 e. The summed E-state index contributed by atoms with van der Waals surface area (Å²) >= 11 is 1.62. The van der Waals surface area contributed by atoms with E-state index in [-0.39, 0.29) is 38.3 Å². The molecule has 4 atom stereocenters. The molecule has 13 heteroatoms. The zero-order chi connectivity index (χ0) is 34.5. The molecule has 9 nitrogen and oxygen atoms in total. The van der Waals surface area contributed by atoms with E-state index >= 15 is 0 Å². The third-order valence-corrected chi connectivity index (χ3v) is 9.92. The Bertz CT molecular complexity index is 1770. The highest BCUT2D eigenvalue weighted by Crippen LogP contribution is 2.40. The van der Waals surface area contributed by atoms with Crippen molar-refractivity contribution in [2.45, 2.75) is 68.3 Å². The van der Waals surface area contributed by atoms with Gasteiger partial charge in [-0.2, -0.15) is 13.2 Å². The van der Waals surface area contributed by atoms with Crippen LogP contribution >= 0.6 is 11.8 Å². The lowest BCUT2D eigenvalue weighted by Crippen LogP contribution is -2.50. The van der Waals surface area contributed by atoms with Gasteiger partial charge in [0.1, 0.15) is 6.04 Å². The van der Waals surface area contributed by atoms with Crippen LogP contribution in [-0.4, -0.2) is 62.0 Å². The summed E-state index contributed by atoms with van der Waals surface area (Å²) in [6, 6.07) is 21.9. The summed E-state index contributed by atoms with van der Waals surface area (Å²) in [6.07, 6.45) is -1.23. The molecule has 3 heterocycles. The minimum atomic E-state index is -5.02. The van der Waals surface area contributed by atoms with E-state index in [9.17, 15) is 27.9 Å². The van der Waals surface area contributed by atoms with Gasteiger partial charge in [-0.15, -0.1) is 0 Å². The fourth-order valence-electron chi connectivity index (χ4n) is 6.16. The van der Waals surface area contributed by atoms with Gasteiger partial charge in [0.05, 0.1) is 18.8 Å². The van der Waals surface area contributed by atoms with Crippen molar-refractivity contribution in [1.82, 2.24) is 19.8 Å². The lowest BCUT2D eigenvalue weighted by molar-refractivity contribution is -0.245. The van der Waals surface area contributed by atoms with Crippen molar-refractivity contribution in [2.75, 3.05) is 12.3 Å². The molecule has 1 aromatic heterocycles. The van der Waals surface area contributed by atoms with Crippen LogP contribution in [-0.2, 0) is 39.3 Å². The van der Waals surface area contributed by atoms with Gasteiger partial charge in [0.2, 0.25) is 5.91 Å². The van der Waals surface area contributed by atoms with Crippen LogP contribution in [0.25, 0.3) is 11.1 Å². The van der Waals surface area contributed by atoms with Crippen LogP contribution in [0.5, 0.6) is 0 Å². The predicted molar refractivity (Wildman–Crippen MR) is 177 cm³/mol. The quantitative estimate of drug-likeness (QED) is 0.194. The number of likely N-dealkylation sites (tertiary alicyclic amines) is 1. The Labute approximate surface area is 286 Å². The number of aryl methyl sites for hydroxylation is 1. The number of imidazole rings is 1. The molecule has 3 aromatic carbocycles. The van der Waals surface area contributed by atoms with Crippen molar-refractivity contribution in [1.29, 1.82) is 0 Å². The zero-order valence-corrected chi connectivity index (χ0v) is 27.6. The van der Waals surface area contributed by atoms with Crippen molar-refractivity contribution in [3.63, 3.8) is 0 Å². The Morgan fingerprint density at radius 2 is 1.76 bits per heavy atom. The molecule has 2 aliphatic heterocycles. The van der Waals surface area contributed by atoms with Crippen molar-refractivity contribution >= 4 is 23.6 Å². The van der Waals surface area contributed by atoms with E-state index in [0.717, 1.165) is 38.5 Å². The number of aliphatic hydroxyl groups is 1. The van der Waals surface area contributed by atoms with E-state index in [1.54, 1.807) is 18.0 Å². The summed E-state index contributed by atoms with van der Waals surface area (Å²) in [4.78, 5) is 29.7. The molecule has 0 bridgehead atoms. The number of nitrogens with one attached hydrogen (secondary N) is 1. The third kappa shape index (κ3) is 8.35. The van der Waals surface area contributed by atoms with Crippen LogP contribution in [0.2, 0.25) is 0 Å². The number of nitrogens with zero attached hydrogens (tertiary/aromatic N) is 3. The average molecular weight is 695 g/mol. The first kappa shape index (κ1) is 34.7. The fourth-order valence-corrected chi connectivity index (χ4v) is 7.11. The van der Waals surface area contributed by atoms with Crippen molar-refractivity contribution in [2.24, 2.45) is 7.05 Å². The monoisotopic (exact) mass is 694 g/mol. The number of aliphatic hydroxyl groups excluding tert-OH is 1. The van der Waals surface area contributed by atoms with Gasteiger partial charge in [-0.05, 0) is 52.8 Å². The number of amides is 2. The summed E-state index contributed by atoms with van der Waals surface area (Å²) in [5, 5.41) is 13.1. The molecule has 2 saturated heterocycles. The minimum Gasteiger partial charge on any atom is -0.392 e. The Balaban J connectivity index is 1.16. The second-order valence-corrected chi connectivity index (χ2v) is 13.2. The van der Waals surface area contributed by atoms with Crippen LogP contribution < -0.4 is 5.32 Å². The molecular weight excluding hydrogens is 657 g/mol. The highest BCUT2D eigenvalue weighted by molar-refractivity contribution is 7.99. The molecule has 2 amide bonds. The van der Waals surface area contributed by atoms with E-state index in [1.165, 1.54) is 0 Å². The topological polar surface area (TPSA) is 106 Å². The number of benzene rings is 3. The SMILES string of the molecule is Cn1ccnc1SC[C@H]1C[C@@H](c2ccc(CO)cc2)O[C@@H](c2cccc(-c3cccc(CNC(=O)[C@@H]4CCCN4C(=O)C(F)(F)F)c3)c2)O1. The second-order valence-electron chi connectivity index (χ2n) is 12.2. The molecule has 0 unspecified atom stereocenters. The van der Waals surface area contributed by atoms with Crippen molar-refractivity contribution in [3.8, 4) is 11.1 Å². The number of carbonyl (C=O) groups excluding carboxylic acids is 2. The predicted octanol–water partition coefficient (Wildman–Crippen LogP) is 6.09. The maximum Gasteiger partial charge on any atom is 0.471 e. The van der Waals surface area contributed by atoms with Crippen molar-refractivity contribution < 1.29 is 37.3 Å². The third-order valence-electron chi connectivity index (χ3n) is 8.73. The Kier molecular flexibility index (Phi) is 10.7. The number of carbonyl (C=O) groups is 2. The van der Waals surface area contributed by atoms with Gasteiger partial charge < -0.3 is 29.4 Å². The normalized spacial score (nSPS) is 21.1. The molecule has 0 aliphatic carbocycles. The molecule has 49 heavy (non-hydrogen) atoms. The van der Waals surface area contributed by atoms with Gasteiger partial charge in [-0.3, -0.25) is 9.59 Å². The summed E-state index contributed by atoms with van der Waals surface area (Å²) < 4.78 is 54.1. The number of hydrogen-bond acceptors (Lipinski definition) is 7. The Morgan fingerprint density at radius 1 is 1.00 bits per heavy atom. The van der Waals surface area contributed by atoms with Crippen LogP contribution in [0.4, 0.5) is 13.2 Å². The lowest BCUT2D eigenvalue weighted by atomic mass is 9.99. The first-order chi connectivity index (χ1) is 23.6. The minimum absolute atomic E-state index is 0.0388.